The molecule has 0 spiro atoms. The molecule has 0 aromatic heterocycles. The van der Waals surface area contributed by atoms with E-state index in [2.05, 4.69) is 10.6 Å². The van der Waals surface area contributed by atoms with Gasteiger partial charge in [-0.2, -0.15) is 0 Å². The maximum atomic E-state index is 12.2. The molecule has 0 unspecified atom stereocenters. The van der Waals surface area contributed by atoms with Gasteiger partial charge < -0.3 is 24.8 Å². The number of nitrogens with one attached hydrogen (secondary N) is 2. The fourth-order valence-electron chi connectivity index (χ4n) is 3.08. The van der Waals surface area contributed by atoms with E-state index in [4.69, 9.17) is 14.2 Å². The third-order valence-corrected chi connectivity index (χ3v) is 4.46. The second kappa shape index (κ2) is 7.99. The molecule has 0 bridgehead atoms. The molecule has 3 rings (SSSR count). The van der Waals surface area contributed by atoms with Gasteiger partial charge in [0.1, 0.15) is 23.4 Å². The first-order valence-electron chi connectivity index (χ1n) is 8.61. The van der Waals surface area contributed by atoms with E-state index in [-0.39, 0.29) is 18.2 Å². The van der Waals surface area contributed by atoms with Crippen molar-refractivity contribution in [2.24, 2.45) is 0 Å². The number of benzene rings is 2. The smallest absolute Gasteiger partial charge is 0.315 e. The molecule has 0 aliphatic carbocycles. The summed E-state index contributed by atoms with van der Waals surface area (Å²) in [6.45, 7) is 2.36. The van der Waals surface area contributed by atoms with Crippen molar-refractivity contribution in [3.05, 3.63) is 53.6 Å². The van der Waals surface area contributed by atoms with Crippen molar-refractivity contribution >= 4 is 6.03 Å². The zero-order valence-electron chi connectivity index (χ0n) is 15.2. The van der Waals surface area contributed by atoms with Gasteiger partial charge in [-0.05, 0) is 30.7 Å². The van der Waals surface area contributed by atoms with Gasteiger partial charge in [0.15, 0.2) is 0 Å². The molecule has 2 amide bonds. The minimum atomic E-state index is -0.241. The summed E-state index contributed by atoms with van der Waals surface area (Å²) in [5.41, 5.74) is 2.06. The van der Waals surface area contributed by atoms with Gasteiger partial charge in [-0.1, -0.05) is 18.2 Å². The van der Waals surface area contributed by atoms with Crippen molar-refractivity contribution in [3.63, 3.8) is 0 Å². The molecule has 1 heterocycles. The largest absolute Gasteiger partial charge is 0.497 e. The first-order chi connectivity index (χ1) is 12.6. The Morgan fingerprint density at radius 3 is 2.77 bits per heavy atom. The predicted octanol–water partition coefficient (Wildman–Crippen LogP) is 3.07. The molecule has 0 radical (unpaired) electrons. The van der Waals surface area contributed by atoms with Gasteiger partial charge in [-0.25, -0.2) is 4.79 Å². The van der Waals surface area contributed by atoms with Crippen LogP contribution in [-0.4, -0.2) is 32.9 Å². The summed E-state index contributed by atoms with van der Waals surface area (Å²) in [6, 6.07) is 13.0. The van der Waals surface area contributed by atoms with Crippen LogP contribution >= 0.6 is 0 Å². The minimum absolute atomic E-state index is 0.0380. The van der Waals surface area contributed by atoms with E-state index in [0.717, 1.165) is 17.7 Å². The SMILES string of the molecule is COc1ccc([C@H](C)NC(=O)NC[C@H]2Cc3ccccc3O2)c(OC)c1. The lowest BCUT2D eigenvalue weighted by atomic mass is 10.1. The molecule has 0 fully saturated rings. The Hall–Kier alpha value is -2.89. The monoisotopic (exact) mass is 356 g/mol. The zero-order valence-corrected chi connectivity index (χ0v) is 15.2. The quantitative estimate of drug-likeness (QED) is 0.835. The van der Waals surface area contributed by atoms with Crippen LogP contribution in [0.2, 0.25) is 0 Å². The highest BCUT2D eigenvalue weighted by molar-refractivity contribution is 5.74. The number of rotatable bonds is 6. The Labute approximate surface area is 153 Å². The van der Waals surface area contributed by atoms with E-state index < -0.39 is 0 Å². The van der Waals surface area contributed by atoms with Crippen molar-refractivity contribution < 1.29 is 19.0 Å². The standard InChI is InChI=1S/C20H24N2O4/c1-13(17-9-8-15(24-2)11-19(17)25-3)22-20(23)21-12-16-10-14-6-4-5-7-18(14)26-16/h4-9,11,13,16H,10,12H2,1-3H3,(H2,21,22,23)/t13-,16+/m0/s1. The van der Waals surface area contributed by atoms with Crippen molar-refractivity contribution in [1.29, 1.82) is 0 Å². The van der Waals surface area contributed by atoms with Crippen molar-refractivity contribution in [2.75, 3.05) is 20.8 Å². The van der Waals surface area contributed by atoms with E-state index in [1.54, 1.807) is 20.3 Å². The van der Waals surface area contributed by atoms with Crippen LogP contribution in [0.3, 0.4) is 0 Å². The summed E-state index contributed by atoms with van der Waals surface area (Å²) in [4.78, 5) is 12.2. The average Bonchev–Trinajstić information content (AvgIpc) is 3.08. The van der Waals surface area contributed by atoms with Crippen molar-refractivity contribution in [1.82, 2.24) is 10.6 Å². The van der Waals surface area contributed by atoms with Crippen LogP contribution in [0, 0.1) is 0 Å². The Bertz CT molecular complexity index is 753. The number of urea groups is 1. The van der Waals surface area contributed by atoms with E-state index in [0.29, 0.717) is 18.0 Å². The Morgan fingerprint density at radius 2 is 2.04 bits per heavy atom. The average molecular weight is 356 g/mol. The molecule has 1 aliphatic rings. The van der Waals surface area contributed by atoms with E-state index in [1.807, 2.05) is 43.3 Å². The number of ether oxygens (including phenoxy) is 3. The molecular formula is C20H24N2O4. The van der Waals surface area contributed by atoms with Crippen LogP contribution in [0.4, 0.5) is 4.79 Å². The van der Waals surface area contributed by atoms with Gasteiger partial charge in [0, 0.05) is 18.1 Å². The highest BCUT2D eigenvalue weighted by Crippen LogP contribution is 2.29. The lowest BCUT2D eigenvalue weighted by Gasteiger charge is -2.19. The van der Waals surface area contributed by atoms with Crippen LogP contribution in [0.15, 0.2) is 42.5 Å². The third-order valence-electron chi connectivity index (χ3n) is 4.46. The van der Waals surface area contributed by atoms with Gasteiger partial charge >= 0.3 is 6.03 Å². The molecule has 0 saturated heterocycles. The van der Waals surface area contributed by atoms with Gasteiger partial charge in [0.25, 0.3) is 0 Å². The molecule has 2 aromatic rings. The topological polar surface area (TPSA) is 68.8 Å². The normalized spacial score (nSPS) is 16.2. The molecule has 26 heavy (non-hydrogen) atoms. The van der Waals surface area contributed by atoms with Crippen molar-refractivity contribution in [3.8, 4) is 17.2 Å². The van der Waals surface area contributed by atoms with Gasteiger partial charge in [0.05, 0.1) is 26.8 Å². The first kappa shape index (κ1) is 17.9. The minimum Gasteiger partial charge on any atom is -0.497 e. The summed E-state index contributed by atoms with van der Waals surface area (Å²) < 4.78 is 16.4. The van der Waals surface area contributed by atoms with Crippen LogP contribution in [0.1, 0.15) is 24.1 Å². The maximum absolute atomic E-state index is 12.2. The maximum Gasteiger partial charge on any atom is 0.315 e. The molecule has 6 heteroatoms. The van der Waals surface area contributed by atoms with E-state index >= 15 is 0 Å². The number of fused-ring (bicyclic) bond motifs is 1. The van der Waals surface area contributed by atoms with Gasteiger partial charge in [0.2, 0.25) is 0 Å². The Kier molecular flexibility index (Phi) is 5.51. The van der Waals surface area contributed by atoms with Crippen LogP contribution in [0.25, 0.3) is 0 Å². The van der Waals surface area contributed by atoms with Gasteiger partial charge in [-0.15, -0.1) is 0 Å². The number of hydrogen-bond acceptors (Lipinski definition) is 4. The highest BCUT2D eigenvalue weighted by Gasteiger charge is 2.23. The summed E-state index contributed by atoms with van der Waals surface area (Å²) in [6.07, 6.45) is 0.766. The Morgan fingerprint density at radius 1 is 1.23 bits per heavy atom. The molecule has 2 aromatic carbocycles. The van der Waals surface area contributed by atoms with Crippen LogP contribution < -0.4 is 24.8 Å². The second-order valence-corrected chi connectivity index (χ2v) is 6.24. The molecule has 2 atom stereocenters. The number of methoxy groups -OCH3 is 2. The molecule has 0 saturated carbocycles. The number of amides is 2. The fraction of sp³-hybridized carbons (Fsp3) is 0.350. The van der Waals surface area contributed by atoms with Crippen molar-refractivity contribution in [2.45, 2.75) is 25.5 Å². The number of carbonyl (C=O) groups excluding carboxylic acids is 1. The zero-order chi connectivity index (χ0) is 18.5. The Balaban J connectivity index is 1.52. The first-order valence-corrected chi connectivity index (χ1v) is 8.61. The summed E-state index contributed by atoms with van der Waals surface area (Å²) in [5, 5.41) is 5.81. The van der Waals surface area contributed by atoms with Crippen LogP contribution in [-0.2, 0) is 6.42 Å². The number of carbonyl (C=O) groups is 1. The molecule has 6 nitrogen and oxygen atoms in total. The predicted molar refractivity (Wildman–Crippen MR) is 99.1 cm³/mol. The third kappa shape index (κ3) is 4.02. The second-order valence-electron chi connectivity index (χ2n) is 6.24. The molecule has 1 aliphatic heterocycles. The van der Waals surface area contributed by atoms with Gasteiger partial charge in [-0.3, -0.25) is 0 Å². The summed E-state index contributed by atoms with van der Waals surface area (Å²) >= 11 is 0. The fourth-order valence-corrected chi connectivity index (χ4v) is 3.08. The lowest BCUT2D eigenvalue weighted by molar-refractivity contribution is 0.212. The number of para-hydroxylation sites is 1. The van der Waals surface area contributed by atoms with Crippen LogP contribution in [0.5, 0.6) is 17.2 Å². The summed E-state index contributed by atoms with van der Waals surface area (Å²) in [5.74, 6) is 2.28. The molecular weight excluding hydrogens is 332 g/mol. The van der Waals surface area contributed by atoms with E-state index in [9.17, 15) is 4.79 Å². The van der Waals surface area contributed by atoms with E-state index in [1.165, 1.54) is 5.56 Å². The molecule has 2 N–H and O–H groups in total. The molecule has 138 valence electrons. The summed E-state index contributed by atoms with van der Waals surface area (Å²) in [7, 11) is 3.20. The number of hydrogen-bond donors (Lipinski definition) is 2. The lowest BCUT2D eigenvalue weighted by Crippen LogP contribution is -2.41. The highest BCUT2D eigenvalue weighted by atomic mass is 16.5.